The summed E-state index contributed by atoms with van der Waals surface area (Å²) < 4.78 is 41.1. The number of amides is 1. The van der Waals surface area contributed by atoms with E-state index in [9.17, 15) is 18.0 Å². The van der Waals surface area contributed by atoms with E-state index in [2.05, 4.69) is 10.3 Å². The molecule has 1 aliphatic rings. The molecule has 1 fully saturated rings. The number of likely N-dealkylation sites (N-methyl/N-ethyl adjacent to an activating group) is 1. The SMILES string of the molecule is CNC1CCCN(C(=O)c2ccc3c(c2)nc(C(F)(F)F)n3C(C)C)C1.Cl.Cl. The van der Waals surface area contributed by atoms with Crippen molar-refractivity contribution in [1.82, 2.24) is 19.8 Å². The number of hydrogen-bond donors (Lipinski definition) is 1. The zero-order valence-corrected chi connectivity index (χ0v) is 17.5. The van der Waals surface area contributed by atoms with Crippen LogP contribution in [0, 0.1) is 0 Å². The summed E-state index contributed by atoms with van der Waals surface area (Å²) >= 11 is 0. The molecule has 1 N–H and O–H groups in total. The van der Waals surface area contributed by atoms with Crippen molar-refractivity contribution in [1.29, 1.82) is 0 Å². The molecule has 10 heteroatoms. The Kier molecular flexibility index (Phi) is 8.17. The number of alkyl halides is 3. The minimum absolute atomic E-state index is 0. The van der Waals surface area contributed by atoms with E-state index in [4.69, 9.17) is 0 Å². The van der Waals surface area contributed by atoms with Crippen molar-refractivity contribution in [3.8, 4) is 0 Å². The highest BCUT2D eigenvalue weighted by molar-refractivity contribution is 5.97. The van der Waals surface area contributed by atoms with Gasteiger partial charge in [-0.2, -0.15) is 13.2 Å². The molecule has 0 spiro atoms. The Bertz CT molecular complexity index is 823. The van der Waals surface area contributed by atoms with Crippen LogP contribution in [-0.2, 0) is 6.18 Å². The molecule has 1 unspecified atom stereocenters. The number of piperidine rings is 1. The van der Waals surface area contributed by atoms with Gasteiger partial charge in [0, 0.05) is 30.7 Å². The Labute approximate surface area is 174 Å². The molecule has 0 saturated carbocycles. The standard InChI is InChI=1S/C18H23F3N4O.2ClH/c1-11(2)25-15-7-6-12(9-14(15)23-17(25)18(19,20)21)16(26)24-8-4-5-13(10-24)22-3;;/h6-7,9,11,13,22H,4-5,8,10H2,1-3H3;2*1H. The van der Waals surface area contributed by atoms with E-state index in [-0.39, 0.29) is 42.3 Å². The molecule has 0 aliphatic carbocycles. The molecule has 5 nitrogen and oxygen atoms in total. The van der Waals surface area contributed by atoms with Crippen LogP contribution in [0.1, 0.15) is 48.9 Å². The lowest BCUT2D eigenvalue weighted by atomic mass is 10.0. The number of aromatic nitrogens is 2. The van der Waals surface area contributed by atoms with Gasteiger partial charge in [0.2, 0.25) is 5.82 Å². The normalized spacial score (nSPS) is 17.4. The highest BCUT2D eigenvalue weighted by Crippen LogP contribution is 2.34. The van der Waals surface area contributed by atoms with Crippen LogP contribution in [0.2, 0.25) is 0 Å². The predicted molar refractivity (Wildman–Crippen MR) is 108 cm³/mol. The zero-order chi connectivity index (χ0) is 19.1. The number of halogens is 5. The average Bonchev–Trinajstić information content (AvgIpc) is 3.00. The van der Waals surface area contributed by atoms with Crippen LogP contribution in [0.25, 0.3) is 11.0 Å². The Morgan fingerprint density at radius 3 is 2.54 bits per heavy atom. The first kappa shape index (κ1) is 24.5. The number of hydrogen-bond acceptors (Lipinski definition) is 3. The van der Waals surface area contributed by atoms with E-state index in [0.29, 0.717) is 24.2 Å². The van der Waals surface area contributed by atoms with Crippen molar-refractivity contribution in [3.63, 3.8) is 0 Å². The van der Waals surface area contributed by atoms with Crippen LogP contribution < -0.4 is 5.32 Å². The Morgan fingerprint density at radius 1 is 1.29 bits per heavy atom. The van der Waals surface area contributed by atoms with Gasteiger partial charge in [0.25, 0.3) is 5.91 Å². The van der Waals surface area contributed by atoms with E-state index in [0.717, 1.165) is 12.8 Å². The number of nitrogens with one attached hydrogen (secondary N) is 1. The van der Waals surface area contributed by atoms with Gasteiger partial charge in [0.05, 0.1) is 11.0 Å². The minimum Gasteiger partial charge on any atom is -0.337 e. The summed E-state index contributed by atoms with van der Waals surface area (Å²) in [6, 6.07) is 4.47. The lowest BCUT2D eigenvalue weighted by molar-refractivity contribution is -0.147. The number of fused-ring (bicyclic) bond motifs is 1. The second kappa shape index (κ2) is 9.33. The molecule has 2 aromatic rings. The molecule has 0 bridgehead atoms. The van der Waals surface area contributed by atoms with Crippen LogP contribution in [0.4, 0.5) is 13.2 Å². The van der Waals surface area contributed by atoms with Crippen molar-refractivity contribution < 1.29 is 18.0 Å². The van der Waals surface area contributed by atoms with Gasteiger partial charge < -0.3 is 14.8 Å². The van der Waals surface area contributed by atoms with Crippen molar-refractivity contribution in [3.05, 3.63) is 29.6 Å². The maximum absolute atomic E-state index is 13.3. The minimum atomic E-state index is -4.54. The third-order valence-corrected chi connectivity index (χ3v) is 4.82. The van der Waals surface area contributed by atoms with Gasteiger partial charge in [-0.1, -0.05) is 0 Å². The summed E-state index contributed by atoms with van der Waals surface area (Å²) in [5.74, 6) is -1.10. The smallest absolute Gasteiger partial charge is 0.337 e. The van der Waals surface area contributed by atoms with Crippen LogP contribution in [0.3, 0.4) is 0 Å². The molecular weight excluding hydrogens is 416 g/mol. The molecule has 2 heterocycles. The molecule has 1 amide bonds. The van der Waals surface area contributed by atoms with Crippen molar-refractivity contribution >= 4 is 41.8 Å². The molecular formula is C18H25Cl2F3N4O. The van der Waals surface area contributed by atoms with Crippen LogP contribution >= 0.6 is 24.8 Å². The molecule has 158 valence electrons. The van der Waals surface area contributed by atoms with E-state index >= 15 is 0 Å². The second-order valence-electron chi connectivity index (χ2n) is 6.98. The van der Waals surface area contributed by atoms with Gasteiger partial charge in [0.15, 0.2) is 0 Å². The lowest BCUT2D eigenvalue weighted by Gasteiger charge is -2.32. The van der Waals surface area contributed by atoms with E-state index in [1.165, 1.54) is 10.6 Å². The zero-order valence-electron chi connectivity index (χ0n) is 15.9. The Morgan fingerprint density at radius 2 is 1.96 bits per heavy atom. The van der Waals surface area contributed by atoms with Gasteiger partial charge in [-0.3, -0.25) is 4.79 Å². The molecule has 1 saturated heterocycles. The number of imidazole rings is 1. The van der Waals surface area contributed by atoms with Crippen LogP contribution in [-0.4, -0.2) is 46.5 Å². The number of nitrogens with zero attached hydrogens (tertiary/aromatic N) is 3. The largest absolute Gasteiger partial charge is 0.449 e. The third-order valence-electron chi connectivity index (χ3n) is 4.82. The summed E-state index contributed by atoms with van der Waals surface area (Å²) in [7, 11) is 1.86. The first-order chi connectivity index (χ1) is 12.2. The Balaban J connectivity index is 0.00000196. The summed E-state index contributed by atoms with van der Waals surface area (Å²) in [5.41, 5.74) is 0.950. The third kappa shape index (κ3) is 4.72. The Hall–Kier alpha value is -1.51. The summed E-state index contributed by atoms with van der Waals surface area (Å²) in [4.78, 5) is 18.3. The number of benzene rings is 1. The summed E-state index contributed by atoms with van der Waals surface area (Å²) in [6.07, 6.45) is -2.63. The first-order valence-electron chi connectivity index (χ1n) is 8.78. The molecule has 1 aliphatic heterocycles. The van der Waals surface area contributed by atoms with Crippen molar-refractivity contribution in [2.45, 2.75) is 44.9 Å². The summed E-state index contributed by atoms with van der Waals surface area (Å²) in [6.45, 7) is 4.62. The highest BCUT2D eigenvalue weighted by atomic mass is 35.5. The maximum Gasteiger partial charge on any atom is 0.449 e. The van der Waals surface area contributed by atoms with E-state index in [1.54, 1.807) is 30.9 Å². The fourth-order valence-corrected chi connectivity index (χ4v) is 3.53. The van der Waals surface area contributed by atoms with Gasteiger partial charge in [-0.15, -0.1) is 24.8 Å². The number of likely N-dealkylation sites (tertiary alicyclic amines) is 1. The molecule has 0 radical (unpaired) electrons. The van der Waals surface area contributed by atoms with E-state index < -0.39 is 18.0 Å². The maximum atomic E-state index is 13.3. The predicted octanol–water partition coefficient (Wildman–Crippen LogP) is 4.30. The molecule has 1 aromatic carbocycles. The van der Waals surface area contributed by atoms with Crippen LogP contribution in [0.5, 0.6) is 0 Å². The fraction of sp³-hybridized carbons (Fsp3) is 0.556. The molecule has 3 rings (SSSR count). The fourth-order valence-electron chi connectivity index (χ4n) is 3.53. The number of rotatable bonds is 3. The van der Waals surface area contributed by atoms with Gasteiger partial charge in [0.1, 0.15) is 0 Å². The molecule has 1 atom stereocenters. The van der Waals surface area contributed by atoms with Crippen LogP contribution in [0.15, 0.2) is 18.2 Å². The van der Waals surface area contributed by atoms with E-state index in [1.807, 2.05) is 7.05 Å². The van der Waals surface area contributed by atoms with Gasteiger partial charge in [-0.25, -0.2) is 4.98 Å². The topological polar surface area (TPSA) is 50.2 Å². The molecule has 28 heavy (non-hydrogen) atoms. The summed E-state index contributed by atoms with van der Waals surface area (Å²) in [5, 5.41) is 3.18. The number of carbonyl (C=O) groups excluding carboxylic acids is 1. The number of carbonyl (C=O) groups is 1. The monoisotopic (exact) mass is 440 g/mol. The van der Waals surface area contributed by atoms with Crippen molar-refractivity contribution in [2.75, 3.05) is 20.1 Å². The van der Waals surface area contributed by atoms with Gasteiger partial charge in [-0.05, 0) is 51.9 Å². The first-order valence-corrected chi connectivity index (χ1v) is 8.78. The second-order valence-corrected chi connectivity index (χ2v) is 6.98. The quantitative estimate of drug-likeness (QED) is 0.773. The van der Waals surface area contributed by atoms with Crippen molar-refractivity contribution in [2.24, 2.45) is 0 Å². The molecule has 1 aromatic heterocycles. The highest BCUT2D eigenvalue weighted by Gasteiger charge is 2.38. The van der Waals surface area contributed by atoms with Gasteiger partial charge >= 0.3 is 6.18 Å². The average molecular weight is 441 g/mol. The lowest BCUT2D eigenvalue weighted by Crippen LogP contribution is -2.46.